The molecule has 0 atom stereocenters. The van der Waals surface area contributed by atoms with E-state index in [-0.39, 0.29) is 12.5 Å². The molecule has 0 saturated carbocycles. The van der Waals surface area contributed by atoms with Gasteiger partial charge in [0, 0.05) is 35.8 Å². The van der Waals surface area contributed by atoms with E-state index in [2.05, 4.69) is 16.4 Å². The van der Waals surface area contributed by atoms with Crippen LogP contribution in [0.15, 0.2) is 54.9 Å². The van der Waals surface area contributed by atoms with Crippen molar-refractivity contribution in [3.63, 3.8) is 0 Å². The number of fused-ring (bicyclic) bond motifs is 1. The number of nitrogens with one attached hydrogen (secondary N) is 1. The van der Waals surface area contributed by atoms with E-state index in [4.69, 9.17) is 4.74 Å². The summed E-state index contributed by atoms with van der Waals surface area (Å²) in [7, 11) is 0. The summed E-state index contributed by atoms with van der Waals surface area (Å²) in [5, 5.41) is 13.1. The highest BCUT2D eigenvalue weighted by Gasteiger charge is 2.28. The SMILES string of the molecule is N#Cc1c(NC(=O)CCc2ccccc2)sc2c1CCN(C(=O)OCc1cccnc1)C2. The smallest absolute Gasteiger partial charge is 0.410 e. The molecular weight excluding hydrogens is 424 g/mol. The number of nitrogens with zero attached hydrogens (tertiary/aromatic N) is 3. The standard InChI is InChI=1S/C24H22N4O3S/c25-13-20-19-10-12-28(24(30)31-16-18-7-4-11-26-14-18)15-21(19)32-23(20)27-22(29)9-8-17-5-2-1-3-6-17/h1-7,11,14H,8-10,12,15-16H2,(H,27,29). The van der Waals surface area contributed by atoms with Gasteiger partial charge in [0.15, 0.2) is 0 Å². The highest BCUT2D eigenvalue weighted by Crippen LogP contribution is 2.37. The Hall–Kier alpha value is -3.70. The molecule has 0 unspecified atom stereocenters. The number of rotatable bonds is 6. The molecule has 1 aliphatic heterocycles. The van der Waals surface area contributed by atoms with Crippen molar-refractivity contribution in [3.8, 4) is 6.07 Å². The predicted molar refractivity (Wildman–Crippen MR) is 121 cm³/mol. The van der Waals surface area contributed by atoms with Gasteiger partial charge in [-0.3, -0.25) is 9.78 Å². The molecule has 32 heavy (non-hydrogen) atoms. The van der Waals surface area contributed by atoms with Gasteiger partial charge in [-0.15, -0.1) is 11.3 Å². The molecule has 162 valence electrons. The van der Waals surface area contributed by atoms with E-state index in [9.17, 15) is 14.9 Å². The minimum atomic E-state index is -0.403. The number of nitriles is 1. The summed E-state index contributed by atoms with van der Waals surface area (Å²) in [6.07, 6.45) is 4.45. The number of aromatic nitrogens is 1. The van der Waals surface area contributed by atoms with E-state index in [1.54, 1.807) is 23.4 Å². The van der Waals surface area contributed by atoms with Crippen LogP contribution in [0.3, 0.4) is 0 Å². The fourth-order valence-electron chi connectivity index (χ4n) is 3.58. The van der Waals surface area contributed by atoms with E-state index >= 15 is 0 Å². The van der Waals surface area contributed by atoms with Gasteiger partial charge in [-0.25, -0.2) is 4.79 Å². The predicted octanol–water partition coefficient (Wildman–Crippen LogP) is 4.28. The Kier molecular flexibility index (Phi) is 6.78. The number of carbonyl (C=O) groups excluding carboxylic acids is 2. The van der Waals surface area contributed by atoms with Crippen molar-refractivity contribution in [2.45, 2.75) is 32.4 Å². The van der Waals surface area contributed by atoms with Gasteiger partial charge < -0.3 is 15.0 Å². The lowest BCUT2D eigenvalue weighted by atomic mass is 10.0. The Labute approximate surface area is 190 Å². The highest BCUT2D eigenvalue weighted by atomic mass is 32.1. The van der Waals surface area contributed by atoms with Crippen LogP contribution >= 0.6 is 11.3 Å². The normalized spacial score (nSPS) is 12.5. The third kappa shape index (κ3) is 5.13. The van der Waals surface area contributed by atoms with Crippen LogP contribution in [0.5, 0.6) is 0 Å². The van der Waals surface area contributed by atoms with Crippen molar-refractivity contribution >= 4 is 28.3 Å². The first-order valence-corrected chi connectivity index (χ1v) is 11.1. The van der Waals surface area contributed by atoms with E-state index in [1.165, 1.54) is 11.3 Å². The lowest BCUT2D eigenvalue weighted by Gasteiger charge is -2.26. The second kappa shape index (κ2) is 10.1. The lowest BCUT2D eigenvalue weighted by Crippen LogP contribution is -2.35. The fraction of sp³-hybridized carbons (Fsp3) is 0.250. The van der Waals surface area contributed by atoms with Crippen molar-refractivity contribution in [1.29, 1.82) is 5.26 Å². The molecule has 8 heteroatoms. The number of ether oxygens (including phenoxy) is 1. The average Bonchev–Trinajstić information content (AvgIpc) is 3.18. The van der Waals surface area contributed by atoms with Crippen LogP contribution in [-0.4, -0.2) is 28.4 Å². The summed E-state index contributed by atoms with van der Waals surface area (Å²) in [6, 6.07) is 15.7. The number of amides is 2. The first-order chi connectivity index (χ1) is 15.6. The van der Waals surface area contributed by atoms with Gasteiger partial charge in [-0.1, -0.05) is 36.4 Å². The number of hydrogen-bond donors (Lipinski definition) is 1. The Morgan fingerprint density at radius 3 is 2.75 bits per heavy atom. The molecule has 3 aromatic rings. The molecule has 0 aliphatic carbocycles. The third-order valence-corrected chi connectivity index (χ3v) is 6.38. The van der Waals surface area contributed by atoms with Crippen molar-refractivity contribution in [1.82, 2.24) is 9.88 Å². The van der Waals surface area contributed by atoms with Gasteiger partial charge in [0.2, 0.25) is 5.91 Å². The van der Waals surface area contributed by atoms with Crippen LogP contribution in [0.1, 0.15) is 33.6 Å². The maximum absolute atomic E-state index is 12.5. The monoisotopic (exact) mass is 446 g/mol. The molecule has 4 rings (SSSR count). The Morgan fingerprint density at radius 2 is 2.00 bits per heavy atom. The molecule has 0 radical (unpaired) electrons. The number of carbonyl (C=O) groups is 2. The number of benzene rings is 1. The molecule has 3 heterocycles. The minimum Gasteiger partial charge on any atom is -0.444 e. The molecular formula is C24H22N4O3S. The molecule has 0 spiro atoms. The summed E-state index contributed by atoms with van der Waals surface area (Å²) in [4.78, 5) is 31.5. The Bertz CT molecular complexity index is 1140. The average molecular weight is 447 g/mol. The third-order valence-electron chi connectivity index (χ3n) is 5.25. The first kappa shape index (κ1) is 21.5. The van der Waals surface area contributed by atoms with E-state index < -0.39 is 6.09 Å². The molecule has 0 fully saturated rings. The summed E-state index contributed by atoms with van der Waals surface area (Å²) < 4.78 is 5.40. The van der Waals surface area contributed by atoms with Crippen molar-refractivity contribution in [3.05, 3.63) is 82.0 Å². The van der Waals surface area contributed by atoms with Gasteiger partial charge in [0.05, 0.1) is 12.1 Å². The van der Waals surface area contributed by atoms with Gasteiger partial charge in [-0.05, 0) is 30.0 Å². The van der Waals surface area contributed by atoms with Crippen LogP contribution < -0.4 is 5.32 Å². The quantitative estimate of drug-likeness (QED) is 0.610. The summed E-state index contributed by atoms with van der Waals surface area (Å²) in [5.41, 5.74) is 3.32. The minimum absolute atomic E-state index is 0.128. The zero-order chi connectivity index (χ0) is 22.3. The van der Waals surface area contributed by atoms with Crippen LogP contribution in [0.25, 0.3) is 0 Å². The first-order valence-electron chi connectivity index (χ1n) is 10.3. The van der Waals surface area contributed by atoms with Crippen molar-refractivity contribution in [2.24, 2.45) is 0 Å². The maximum atomic E-state index is 12.5. The summed E-state index contributed by atoms with van der Waals surface area (Å²) in [5.74, 6) is -0.128. The molecule has 1 aromatic carbocycles. The molecule has 2 amide bonds. The maximum Gasteiger partial charge on any atom is 0.410 e. The van der Waals surface area contributed by atoms with Gasteiger partial charge in [-0.2, -0.15) is 5.26 Å². The summed E-state index contributed by atoms with van der Waals surface area (Å²) in [6.45, 7) is 0.985. The number of thiophene rings is 1. The second-order valence-electron chi connectivity index (χ2n) is 7.44. The molecule has 0 bridgehead atoms. The van der Waals surface area contributed by atoms with Crippen molar-refractivity contribution in [2.75, 3.05) is 11.9 Å². The van der Waals surface area contributed by atoms with Gasteiger partial charge in [0.1, 0.15) is 17.7 Å². The Morgan fingerprint density at radius 1 is 1.19 bits per heavy atom. The number of pyridine rings is 1. The fourth-order valence-corrected chi connectivity index (χ4v) is 4.81. The molecule has 7 nitrogen and oxygen atoms in total. The van der Waals surface area contributed by atoms with Crippen LogP contribution in [-0.2, 0) is 35.5 Å². The topological polar surface area (TPSA) is 95.3 Å². The van der Waals surface area contributed by atoms with Crippen LogP contribution in [0.2, 0.25) is 0 Å². The van der Waals surface area contributed by atoms with E-state index in [0.29, 0.717) is 42.9 Å². The Balaban J connectivity index is 1.37. The van der Waals surface area contributed by atoms with Crippen LogP contribution in [0.4, 0.5) is 9.80 Å². The van der Waals surface area contributed by atoms with Gasteiger partial charge in [0.25, 0.3) is 0 Å². The summed E-state index contributed by atoms with van der Waals surface area (Å²) >= 11 is 1.36. The molecule has 2 aromatic heterocycles. The molecule has 0 saturated heterocycles. The van der Waals surface area contributed by atoms with E-state index in [0.717, 1.165) is 21.6 Å². The largest absolute Gasteiger partial charge is 0.444 e. The van der Waals surface area contributed by atoms with Gasteiger partial charge >= 0.3 is 6.09 Å². The zero-order valence-corrected chi connectivity index (χ0v) is 18.2. The van der Waals surface area contributed by atoms with Crippen molar-refractivity contribution < 1.29 is 14.3 Å². The molecule has 1 N–H and O–H groups in total. The van der Waals surface area contributed by atoms with Crippen LogP contribution in [0, 0.1) is 11.3 Å². The highest BCUT2D eigenvalue weighted by molar-refractivity contribution is 7.16. The number of anilines is 1. The molecule has 1 aliphatic rings. The zero-order valence-electron chi connectivity index (χ0n) is 17.4. The number of aryl methyl sites for hydroxylation is 1. The lowest BCUT2D eigenvalue weighted by molar-refractivity contribution is -0.116. The second-order valence-corrected chi connectivity index (χ2v) is 8.55. The number of hydrogen-bond acceptors (Lipinski definition) is 6. The van der Waals surface area contributed by atoms with E-state index in [1.807, 2.05) is 36.4 Å².